The van der Waals surface area contributed by atoms with Crippen molar-refractivity contribution in [2.75, 3.05) is 19.6 Å². The van der Waals surface area contributed by atoms with Crippen molar-refractivity contribution in [1.82, 2.24) is 10.2 Å². The van der Waals surface area contributed by atoms with Crippen molar-refractivity contribution in [3.8, 4) is 0 Å². The third kappa shape index (κ3) is 4.34. The Bertz CT molecular complexity index is 405. The number of hydrogen-bond acceptors (Lipinski definition) is 2. The summed E-state index contributed by atoms with van der Waals surface area (Å²) in [5.74, 6) is 0.323. The number of likely N-dealkylation sites (tertiary alicyclic amines) is 1. The van der Waals surface area contributed by atoms with Crippen molar-refractivity contribution in [3.05, 3.63) is 35.9 Å². The van der Waals surface area contributed by atoms with Gasteiger partial charge < -0.3 is 10.2 Å². The first kappa shape index (κ1) is 15.0. The summed E-state index contributed by atoms with van der Waals surface area (Å²) in [7, 11) is 0. The highest BCUT2D eigenvalue weighted by Crippen LogP contribution is 2.18. The summed E-state index contributed by atoms with van der Waals surface area (Å²) in [6, 6.07) is 10.7. The van der Waals surface area contributed by atoms with Gasteiger partial charge in [0.15, 0.2) is 0 Å². The second-order valence-corrected chi connectivity index (χ2v) is 5.52. The van der Waals surface area contributed by atoms with E-state index < -0.39 is 0 Å². The molecule has 1 aromatic rings. The summed E-state index contributed by atoms with van der Waals surface area (Å²) >= 11 is 0. The molecule has 3 heteroatoms. The van der Waals surface area contributed by atoms with E-state index in [1.54, 1.807) is 0 Å². The molecule has 110 valence electrons. The van der Waals surface area contributed by atoms with E-state index in [1.165, 1.54) is 18.4 Å². The number of likely N-dealkylation sites (N-methyl/N-ethyl adjacent to an activating group) is 1. The van der Waals surface area contributed by atoms with Crippen molar-refractivity contribution in [3.63, 3.8) is 0 Å². The lowest BCUT2D eigenvalue weighted by Gasteiger charge is -2.30. The molecule has 3 nitrogen and oxygen atoms in total. The molecule has 1 fully saturated rings. The zero-order valence-corrected chi connectivity index (χ0v) is 12.5. The van der Waals surface area contributed by atoms with Gasteiger partial charge in [0.25, 0.3) is 0 Å². The largest absolute Gasteiger partial charge is 0.341 e. The van der Waals surface area contributed by atoms with Gasteiger partial charge in [-0.15, -0.1) is 0 Å². The van der Waals surface area contributed by atoms with E-state index in [-0.39, 0.29) is 6.04 Å². The third-order valence-corrected chi connectivity index (χ3v) is 3.98. The summed E-state index contributed by atoms with van der Waals surface area (Å²) in [4.78, 5) is 14.3. The number of nitrogens with one attached hydrogen (secondary N) is 1. The van der Waals surface area contributed by atoms with Gasteiger partial charge in [0.1, 0.15) is 0 Å². The number of carbonyl (C=O) groups excluding carboxylic acids is 1. The molecule has 0 saturated carbocycles. The fourth-order valence-corrected chi connectivity index (χ4v) is 2.85. The van der Waals surface area contributed by atoms with Crippen molar-refractivity contribution < 1.29 is 4.79 Å². The highest BCUT2D eigenvalue weighted by molar-refractivity contribution is 5.76. The standard InChI is InChI=1S/C17H26N2O/c1-2-18-16(15-10-6-5-7-11-15)14-19-13-9-4-3-8-12-17(19)20/h5-7,10-11,16,18H,2-4,8-9,12-14H2,1H3. The normalized spacial score (nSPS) is 18.4. The number of benzene rings is 1. The topological polar surface area (TPSA) is 32.3 Å². The van der Waals surface area contributed by atoms with Gasteiger partial charge in [0.2, 0.25) is 5.91 Å². The quantitative estimate of drug-likeness (QED) is 0.894. The van der Waals surface area contributed by atoms with Crippen LogP contribution in [0.4, 0.5) is 0 Å². The van der Waals surface area contributed by atoms with Crippen LogP contribution in [0.25, 0.3) is 0 Å². The SMILES string of the molecule is CCNC(CN1CCCCCCC1=O)c1ccccc1. The predicted molar refractivity (Wildman–Crippen MR) is 82.5 cm³/mol. The number of amides is 1. The van der Waals surface area contributed by atoms with Crippen molar-refractivity contribution in [2.45, 2.75) is 45.1 Å². The zero-order valence-electron chi connectivity index (χ0n) is 12.5. The van der Waals surface area contributed by atoms with E-state index in [4.69, 9.17) is 0 Å². The van der Waals surface area contributed by atoms with Gasteiger partial charge in [-0.2, -0.15) is 0 Å². The molecule has 1 unspecified atom stereocenters. The molecule has 1 N–H and O–H groups in total. The number of nitrogens with zero attached hydrogens (tertiary/aromatic N) is 1. The second kappa shape index (κ2) is 8.05. The van der Waals surface area contributed by atoms with Crippen LogP contribution in [0.3, 0.4) is 0 Å². The molecule has 2 rings (SSSR count). The lowest BCUT2D eigenvalue weighted by atomic mass is 10.0. The average molecular weight is 274 g/mol. The predicted octanol–water partition coefficient (Wildman–Crippen LogP) is 3.13. The maximum absolute atomic E-state index is 12.2. The number of carbonyl (C=O) groups is 1. The van der Waals surface area contributed by atoms with Gasteiger partial charge in [-0.25, -0.2) is 0 Å². The molecule has 1 heterocycles. The molecule has 1 amide bonds. The molecule has 1 aliphatic rings. The minimum atomic E-state index is 0.240. The van der Waals surface area contributed by atoms with Gasteiger partial charge in [-0.3, -0.25) is 4.79 Å². The van der Waals surface area contributed by atoms with Crippen LogP contribution >= 0.6 is 0 Å². The van der Waals surface area contributed by atoms with E-state index in [0.717, 1.165) is 32.5 Å². The highest BCUT2D eigenvalue weighted by atomic mass is 16.2. The van der Waals surface area contributed by atoms with E-state index in [9.17, 15) is 4.79 Å². The monoisotopic (exact) mass is 274 g/mol. The fraction of sp³-hybridized carbons (Fsp3) is 0.588. The van der Waals surface area contributed by atoms with Crippen LogP contribution < -0.4 is 5.32 Å². The molecular weight excluding hydrogens is 248 g/mol. The Morgan fingerprint density at radius 3 is 2.65 bits per heavy atom. The highest BCUT2D eigenvalue weighted by Gasteiger charge is 2.20. The Hall–Kier alpha value is -1.35. The molecule has 1 atom stereocenters. The van der Waals surface area contributed by atoms with Crippen LogP contribution in [0.2, 0.25) is 0 Å². The molecule has 1 saturated heterocycles. The molecule has 0 aromatic heterocycles. The molecule has 0 aliphatic carbocycles. The lowest BCUT2D eigenvalue weighted by molar-refractivity contribution is -0.132. The van der Waals surface area contributed by atoms with Crippen LogP contribution in [0.5, 0.6) is 0 Å². The summed E-state index contributed by atoms with van der Waals surface area (Å²) in [5, 5.41) is 3.51. The van der Waals surface area contributed by atoms with Gasteiger partial charge in [-0.05, 0) is 24.9 Å². The minimum absolute atomic E-state index is 0.240. The molecular formula is C17H26N2O. The minimum Gasteiger partial charge on any atom is -0.341 e. The van der Waals surface area contributed by atoms with Gasteiger partial charge in [0.05, 0.1) is 0 Å². The first-order valence-electron chi connectivity index (χ1n) is 7.87. The number of rotatable bonds is 5. The van der Waals surface area contributed by atoms with E-state index >= 15 is 0 Å². The fourth-order valence-electron chi connectivity index (χ4n) is 2.85. The van der Waals surface area contributed by atoms with E-state index in [2.05, 4.69) is 41.4 Å². The van der Waals surface area contributed by atoms with Gasteiger partial charge in [0, 0.05) is 25.6 Å². The molecule has 0 spiro atoms. The Labute approximate surface area is 122 Å². The Balaban J connectivity index is 2.04. The van der Waals surface area contributed by atoms with Gasteiger partial charge in [-0.1, -0.05) is 50.1 Å². The van der Waals surface area contributed by atoms with E-state index in [0.29, 0.717) is 12.3 Å². The molecule has 0 radical (unpaired) electrons. The van der Waals surface area contributed by atoms with Crippen molar-refractivity contribution in [1.29, 1.82) is 0 Å². The van der Waals surface area contributed by atoms with Crippen LogP contribution in [0, 0.1) is 0 Å². The van der Waals surface area contributed by atoms with Crippen molar-refractivity contribution in [2.24, 2.45) is 0 Å². The average Bonchev–Trinajstić information content (AvgIpc) is 2.47. The summed E-state index contributed by atoms with van der Waals surface area (Å²) in [6.07, 6.45) is 5.36. The zero-order chi connectivity index (χ0) is 14.2. The van der Waals surface area contributed by atoms with Gasteiger partial charge >= 0.3 is 0 Å². The summed E-state index contributed by atoms with van der Waals surface area (Å²) in [5.41, 5.74) is 1.27. The Kier molecular flexibility index (Phi) is 6.06. The summed E-state index contributed by atoms with van der Waals surface area (Å²) in [6.45, 7) is 4.73. The third-order valence-electron chi connectivity index (χ3n) is 3.98. The summed E-state index contributed by atoms with van der Waals surface area (Å²) < 4.78 is 0. The van der Waals surface area contributed by atoms with Crippen LogP contribution in [0.1, 0.15) is 50.6 Å². The first-order chi connectivity index (χ1) is 9.81. The van der Waals surface area contributed by atoms with Crippen LogP contribution in [0.15, 0.2) is 30.3 Å². The van der Waals surface area contributed by atoms with Crippen LogP contribution in [-0.2, 0) is 4.79 Å². The maximum atomic E-state index is 12.2. The first-order valence-corrected chi connectivity index (χ1v) is 7.87. The second-order valence-electron chi connectivity index (χ2n) is 5.52. The van der Waals surface area contributed by atoms with Crippen LogP contribution in [-0.4, -0.2) is 30.4 Å². The molecule has 0 bridgehead atoms. The van der Waals surface area contributed by atoms with E-state index in [1.807, 2.05) is 6.07 Å². The number of hydrogen-bond donors (Lipinski definition) is 1. The Morgan fingerprint density at radius 2 is 1.90 bits per heavy atom. The maximum Gasteiger partial charge on any atom is 0.222 e. The lowest BCUT2D eigenvalue weighted by Crippen LogP contribution is -2.40. The smallest absolute Gasteiger partial charge is 0.222 e. The molecule has 1 aromatic carbocycles. The Morgan fingerprint density at radius 1 is 1.15 bits per heavy atom. The molecule has 20 heavy (non-hydrogen) atoms. The molecule has 1 aliphatic heterocycles. The van der Waals surface area contributed by atoms with Crippen molar-refractivity contribution >= 4 is 5.91 Å².